The third-order valence-electron chi connectivity index (χ3n) is 5.11. The van der Waals surface area contributed by atoms with Gasteiger partial charge in [-0.25, -0.2) is 4.79 Å². The smallest absolute Gasteiger partial charge is 0.345 e. The van der Waals surface area contributed by atoms with E-state index in [0.717, 1.165) is 0 Å². The molecule has 1 unspecified atom stereocenters. The van der Waals surface area contributed by atoms with E-state index in [1.807, 2.05) is 0 Å². The largest absolute Gasteiger partial charge is 0.508 e. The zero-order valence-corrected chi connectivity index (χ0v) is 21.7. The minimum atomic E-state index is -0.955. The normalized spacial score (nSPS) is 11.9. The SMILES string of the molecule is CC(C)C(=O)Oc1c(C=NC(Cc2ccc(O)cc2)C(=O)CO)cc(Br)cc1OC(=O)c1cccnc1. The van der Waals surface area contributed by atoms with Crippen LogP contribution >= 0.6 is 15.9 Å². The van der Waals surface area contributed by atoms with Gasteiger partial charge in [-0.3, -0.25) is 19.6 Å². The average molecular weight is 569 g/mol. The maximum absolute atomic E-state index is 12.7. The number of aliphatic hydroxyl groups is 1. The Morgan fingerprint density at radius 2 is 1.84 bits per heavy atom. The molecule has 0 aliphatic rings. The summed E-state index contributed by atoms with van der Waals surface area (Å²) in [6, 6.07) is 11.5. The molecule has 0 radical (unpaired) electrons. The first-order chi connectivity index (χ1) is 17.7. The van der Waals surface area contributed by atoms with Crippen molar-refractivity contribution in [1.29, 1.82) is 0 Å². The van der Waals surface area contributed by atoms with Crippen molar-refractivity contribution in [2.75, 3.05) is 6.61 Å². The van der Waals surface area contributed by atoms with Crippen molar-refractivity contribution >= 4 is 39.9 Å². The van der Waals surface area contributed by atoms with E-state index in [1.165, 1.54) is 42.9 Å². The molecule has 3 aromatic rings. The Morgan fingerprint density at radius 3 is 2.46 bits per heavy atom. The predicted molar refractivity (Wildman–Crippen MR) is 139 cm³/mol. The molecule has 1 atom stereocenters. The third kappa shape index (κ3) is 7.80. The molecule has 0 saturated heterocycles. The number of hydrogen-bond donors (Lipinski definition) is 2. The number of hydrogen-bond acceptors (Lipinski definition) is 9. The number of phenols is 1. The Kier molecular flexibility index (Phi) is 9.64. The lowest BCUT2D eigenvalue weighted by molar-refractivity contribution is -0.137. The second-order valence-corrected chi connectivity index (χ2v) is 9.23. The van der Waals surface area contributed by atoms with Gasteiger partial charge in [-0.05, 0) is 42.0 Å². The van der Waals surface area contributed by atoms with E-state index < -0.39 is 36.3 Å². The quantitative estimate of drug-likeness (QED) is 0.213. The van der Waals surface area contributed by atoms with Crippen LogP contribution in [-0.4, -0.2) is 51.8 Å². The fraction of sp³-hybridized carbons (Fsp3) is 0.222. The number of carbonyl (C=O) groups excluding carboxylic acids is 3. The number of pyridine rings is 1. The van der Waals surface area contributed by atoms with Crippen LogP contribution < -0.4 is 9.47 Å². The van der Waals surface area contributed by atoms with Crippen LogP contribution in [0.2, 0.25) is 0 Å². The van der Waals surface area contributed by atoms with E-state index in [4.69, 9.17) is 9.47 Å². The van der Waals surface area contributed by atoms with Crippen molar-refractivity contribution in [3.05, 3.63) is 82.1 Å². The van der Waals surface area contributed by atoms with Gasteiger partial charge in [0.25, 0.3) is 0 Å². The van der Waals surface area contributed by atoms with Gasteiger partial charge < -0.3 is 19.7 Å². The molecule has 0 aliphatic heterocycles. The Morgan fingerprint density at radius 1 is 1.11 bits per heavy atom. The van der Waals surface area contributed by atoms with Gasteiger partial charge in [0.2, 0.25) is 0 Å². The maximum atomic E-state index is 12.7. The molecule has 0 amide bonds. The van der Waals surface area contributed by atoms with Gasteiger partial charge in [0.05, 0.1) is 11.5 Å². The lowest BCUT2D eigenvalue weighted by Gasteiger charge is -2.15. The first-order valence-electron chi connectivity index (χ1n) is 11.3. The molecule has 192 valence electrons. The summed E-state index contributed by atoms with van der Waals surface area (Å²) in [4.78, 5) is 45.8. The van der Waals surface area contributed by atoms with Crippen molar-refractivity contribution in [1.82, 2.24) is 4.98 Å². The van der Waals surface area contributed by atoms with E-state index in [2.05, 4.69) is 25.9 Å². The number of Topliss-reactive ketones (excluding diaryl/α,β-unsaturated/α-hetero) is 1. The number of phenolic OH excluding ortho intramolecular Hbond substituents is 1. The standard InChI is InChI=1S/C27H25BrN2O7/c1-16(2)26(34)37-25-19(11-20(28)12-24(25)36-27(35)18-4-3-9-29-13-18)14-30-22(23(33)15-31)10-17-5-7-21(32)8-6-17/h3-9,11-14,16,22,31-32H,10,15H2,1-2H3. The Labute approximate surface area is 221 Å². The molecule has 2 N–H and O–H groups in total. The molecule has 9 nitrogen and oxygen atoms in total. The highest BCUT2D eigenvalue weighted by atomic mass is 79.9. The lowest BCUT2D eigenvalue weighted by Crippen LogP contribution is -2.24. The van der Waals surface area contributed by atoms with Gasteiger partial charge in [-0.2, -0.15) is 0 Å². The first kappa shape index (κ1) is 27.7. The van der Waals surface area contributed by atoms with Crippen LogP contribution in [-0.2, 0) is 16.0 Å². The number of rotatable bonds is 10. The molecule has 1 heterocycles. The lowest BCUT2D eigenvalue weighted by atomic mass is 10.0. The van der Waals surface area contributed by atoms with Gasteiger partial charge >= 0.3 is 11.9 Å². The molecule has 10 heteroatoms. The van der Waals surface area contributed by atoms with Crippen LogP contribution in [0, 0.1) is 5.92 Å². The number of ether oxygens (including phenoxy) is 2. The second kappa shape index (κ2) is 12.9. The van der Waals surface area contributed by atoms with Crippen LogP contribution in [0.25, 0.3) is 0 Å². The first-order valence-corrected chi connectivity index (χ1v) is 12.1. The van der Waals surface area contributed by atoms with Crippen LogP contribution in [0.3, 0.4) is 0 Å². The Balaban J connectivity index is 2.00. The number of nitrogens with zero attached hydrogens (tertiary/aromatic N) is 2. The van der Waals surface area contributed by atoms with Crippen molar-refractivity contribution in [2.45, 2.75) is 26.3 Å². The van der Waals surface area contributed by atoms with Crippen molar-refractivity contribution < 1.29 is 34.1 Å². The zero-order chi connectivity index (χ0) is 26.9. The van der Waals surface area contributed by atoms with E-state index in [1.54, 1.807) is 38.1 Å². The fourth-order valence-corrected chi connectivity index (χ4v) is 3.57. The van der Waals surface area contributed by atoms with Gasteiger partial charge in [-0.1, -0.05) is 41.9 Å². The topological polar surface area (TPSA) is 135 Å². The molecule has 37 heavy (non-hydrogen) atoms. The summed E-state index contributed by atoms with van der Waals surface area (Å²) in [5, 5.41) is 19.0. The number of halogens is 1. The van der Waals surface area contributed by atoms with Crippen molar-refractivity contribution in [3.63, 3.8) is 0 Å². The summed E-state index contributed by atoms with van der Waals surface area (Å²) in [5.74, 6) is -2.29. The molecule has 0 aliphatic carbocycles. The number of aromatic nitrogens is 1. The molecule has 1 aromatic heterocycles. The molecule has 2 aromatic carbocycles. The summed E-state index contributed by atoms with van der Waals surface area (Å²) in [5.41, 5.74) is 1.17. The highest BCUT2D eigenvalue weighted by Crippen LogP contribution is 2.35. The van der Waals surface area contributed by atoms with Crippen molar-refractivity contribution in [2.24, 2.45) is 10.9 Å². The molecular weight excluding hydrogens is 544 g/mol. The van der Waals surface area contributed by atoms with E-state index in [0.29, 0.717) is 10.0 Å². The Hall–Kier alpha value is -3.89. The third-order valence-corrected chi connectivity index (χ3v) is 5.57. The molecule has 0 fully saturated rings. The predicted octanol–water partition coefficient (Wildman–Crippen LogP) is 3.92. The minimum absolute atomic E-state index is 0.0396. The van der Waals surface area contributed by atoms with Crippen molar-refractivity contribution in [3.8, 4) is 17.2 Å². The number of benzene rings is 2. The Bertz CT molecular complexity index is 1290. The molecule has 3 rings (SSSR count). The van der Waals surface area contributed by atoms with Gasteiger partial charge in [-0.15, -0.1) is 0 Å². The van der Waals surface area contributed by atoms with Gasteiger partial charge in [0, 0.05) is 35.1 Å². The summed E-state index contributed by atoms with van der Waals surface area (Å²) >= 11 is 3.36. The summed E-state index contributed by atoms with van der Waals surface area (Å²) < 4.78 is 11.6. The fourth-order valence-electron chi connectivity index (χ4n) is 3.11. The number of aliphatic imine (C=N–C) groups is 1. The number of ketones is 1. The van der Waals surface area contributed by atoms with Crippen LogP contribution in [0.1, 0.15) is 35.3 Å². The molecular formula is C27H25BrN2O7. The van der Waals surface area contributed by atoms with Gasteiger partial charge in [0.1, 0.15) is 18.4 Å². The number of carbonyl (C=O) groups is 3. The molecule has 0 bridgehead atoms. The summed E-state index contributed by atoms with van der Waals surface area (Å²) in [6.45, 7) is 2.59. The van der Waals surface area contributed by atoms with E-state index in [9.17, 15) is 24.6 Å². The summed E-state index contributed by atoms with van der Waals surface area (Å²) in [7, 11) is 0. The zero-order valence-electron chi connectivity index (χ0n) is 20.1. The average Bonchev–Trinajstić information content (AvgIpc) is 2.89. The van der Waals surface area contributed by atoms with Crippen LogP contribution in [0.15, 0.2) is 70.4 Å². The van der Waals surface area contributed by atoms with E-state index in [-0.39, 0.29) is 34.8 Å². The number of esters is 2. The van der Waals surface area contributed by atoms with Crippen LogP contribution in [0.5, 0.6) is 17.2 Å². The molecule has 0 saturated carbocycles. The summed E-state index contributed by atoms with van der Waals surface area (Å²) in [6.07, 6.45) is 4.35. The van der Waals surface area contributed by atoms with E-state index >= 15 is 0 Å². The van der Waals surface area contributed by atoms with Gasteiger partial charge in [0.15, 0.2) is 17.3 Å². The highest BCUT2D eigenvalue weighted by molar-refractivity contribution is 9.10. The minimum Gasteiger partial charge on any atom is -0.508 e. The monoisotopic (exact) mass is 568 g/mol. The number of aliphatic hydroxyl groups excluding tert-OH is 1. The molecule has 0 spiro atoms. The number of aromatic hydroxyl groups is 1. The second-order valence-electron chi connectivity index (χ2n) is 8.32. The highest BCUT2D eigenvalue weighted by Gasteiger charge is 2.22. The van der Waals surface area contributed by atoms with Crippen LogP contribution in [0.4, 0.5) is 0 Å². The maximum Gasteiger partial charge on any atom is 0.345 e.